The summed E-state index contributed by atoms with van der Waals surface area (Å²) in [6, 6.07) is 17.2. The van der Waals surface area contributed by atoms with Crippen LogP contribution in [-0.2, 0) is 20.7 Å². The largest absolute Gasteiger partial charge is 0.497 e. The smallest absolute Gasteiger partial charge is 0.263 e. The van der Waals surface area contributed by atoms with Gasteiger partial charge in [-0.05, 0) is 24.6 Å². The van der Waals surface area contributed by atoms with E-state index in [-0.39, 0.29) is 23.4 Å². The van der Waals surface area contributed by atoms with Crippen LogP contribution in [0.5, 0.6) is 5.75 Å². The molecule has 2 aromatic carbocycles. The number of nitrogens with one attached hydrogen (secondary N) is 2. The summed E-state index contributed by atoms with van der Waals surface area (Å²) in [5.41, 5.74) is 1.08. The van der Waals surface area contributed by atoms with Crippen molar-refractivity contribution in [3.63, 3.8) is 0 Å². The van der Waals surface area contributed by atoms with Gasteiger partial charge in [-0.15, -0.1) is 0 Å². The molecule has 3 aromatic rings. The summed E-state index contributed by atoms with van der Waals surface area (Å²) in [5, 5.41) is 12.1. The molecule has 1 heterocycles. The number of sulfonamides is 1. The molecule has 1 atom stereocenters. The van der Waals surface area contributed by atoms with Crippen molar-refractivity contribution in [1.82, 2.24) is 9.97 Å². The monoisotopic (exact) mass is 476 g/mol. The molecule has 0 aliphatic carbocycles. The topological polar surface area (TPSA) is 123 Å². The van der Waals surface area contributed by atoms with Gasteiger partial charge in [-0.3, -0.25) is 9.98 Å². The first kappa shape index (κ1) is 23.8. The molecule has 0 amide bonds. The maximum absolute atomic E-state index is 12.9. The second-order valence-electron chi connectivity index (χ2n) is 6.82. The van der Waals surface area contributed by atoms with Crippen LogP contribution in [0.15, 0.2) is 70.7 Å². The third-order valence-corrected chi connectivity index (χ3v) is 6.50. The van der Waals surface area contributed by atoms with Crippen molar-refractivity contribution in [2.45, 2.75) is 28.8 Å². The zero-order chi connectivity index (χ0) is 23.0. The van der Waals surface area contributed by atoms with Gasteiger partial charge in [0.1, 0.15) is 24.0 Å². The van der Waals surface area contributed by atoms with Gasteiger partial charge in [0.15, 0.2) is 5.16 Å². The minimum atomic E-state index is -3.91. The fourth-order valence-corrected chi connectivity index (χ4v) is 4.55. The molecule has 0 bridgehead atoms. The summed E-state index contributed by atoms with van der Waals surface area (Å²) in [7, 11) is -2.44. The Morgan fingerprint density at radius 3 is 2.53 bits per heavy atom. The molecular weight excluding hydrogens is 452 g/mol. The third kappa shape index (κ3) is 6.82. The first-order valence-corrected chi connectivity index (χ1v) is 12.1. The van der Waals surface area contributed by atoms with Gasteiger partial charge in [-0.1, -0.05) is 48.2 Å². The molecule has 9 nitrogen and oxygen atoms in total. The van der Waals surface area contributed by atoms with Crippen LogP contribution in [-0.4, -0.2) is 43.4 Å². The van der Waals surface area contributed by atoms with Crippen molar-refractivity contribution in [3.8, 4) is 5.75 Å². The highest BCUT2D eigenvalue weighted by atomic mass is 32.2. The van der Waals surface area contributed by atoms with Crippen LogP contribution >= 0.6 is 11.8 Å². The summed E-state index contributed by atoms with van der Waals surface area (Å²) >= 11 is 1.37. The standard InChI is InChI=1S/C21H24N4O5S2/c1-15(13-30-26)22-19-12-20(24-21(23-19)31-14-16-7-4-3-5-8-16)25-32(27,28)18-10-6-9-17(11-18)29-2/h3-12,15,26H,13-14H2,1-2H3,(H2,22,23,24,25)/t15-/m1/s1. The van der Waals surface area contributed by atoms with E-state index in [9.17, 15) is 8.42 Å². The van der Waals surface area contributed by atoms with E-state index in [1.54, 1.807) is 19.1 Å². The number of anilines is 2. The maximum Gasteiger partial charge on any atom is 0.263 e. The maximum atomic E-state index is 12.9. The van der Waals surface area contributed by atoms with Gasteiger partial charge in [0.05, 0.1) is 18.0 Å². The average molecular weight is 477 g/mol. The highest BCUT2D eigenvalue weighted by molar-refractivity contribution is 7.98. The minimum absolute atomic E-state index is 0.0291. The Kier molecular flexibility index (Phi) is 8.28. The SMILES string of the molecule is COc1cccc(S(=O)(=O)Nc2cc(N[C@H](C)COO)nc(SCc3ccccc3)n2)c1. The van der Waals surface area contributed by atoms with Crippen molar-refractivity contribution < 1.29 is 23.3 Å². The molecule has 1 aromatic heterocycles. The van der Waals surface area contributed by atoms with E-state index in [1.807, 2.05) is 30.3 Å². The molecule has 0 aliphatic rings. The molecule has 3 rings (SSSR count). The van der Waals surface area contributed by atoms with E-state index < -0.39 is 10.0 Å². The van der Waals surface area contributed by atoms with Crippen LogP contribution in [0.4, 0.5) is 11.6 Å². The van der Waals surface area contributed by atoms with Gasteiger partial charge in [0, 0.05) is 17.9 Å². The van der Waals surface area contributed by atoms with Crippen molar-refractivity contribution in [1.29, 1.82) is 0 Å². The molecule has 170 valence electrons. The Bertz CT molecular complexity index is 1130. The molecule has 32 heavy (non-hydrogen) atoms. The number of rotatable bonds is 11. The highest BCUT2D eigenvalue weighted by Crippen LogP contribution is 2.25. The first-order chi connectivity index (χ1) is 15.4. The van der Waals surface area contributed by atoms with E-state index in [0.29, 0.717) is 22.5 Å². The van der Waals surface area contributed by atoms with E-state index >= 15 is 0 Å². The molecule has 0 radical (unpaired) electrons. The fourth-order valence-electron chi connectivity index (χ4n) is 2.71. The average Bonchev–Trinajstić information content (AvgIpc) is 2.78. The molecule has 0 saturated heterocycles. The van der Waals surface area contributed by atoms with Crippen molar-refractivity contribution in [2.75, 3.05) is 23.8 Å². The quantitative estimate of drug-likeness (QED) is 0.164. The normalized spacial score (nSPS) is 12.2. The molecule has 0 fully saturated rings. The van der Waals surface area contributed by atoms with Crippen molar-refractivity contribution >= 4 is 33.4 Å². The number of methoxy groups -OCH3 is 1. The van der Waals surface area contributed by atoms with Gasteiger partial charge < -0.3 is 10.1 Å². The highest BCUT2D eigenvalue weighted by Gasteiger charge is 2.18. The van der Waals surface area contributed by atoms with Crippen LogP contribution in [0.3, 0.4) is 0 Å². The summed E-state index contributed by atoms with van der Waals surface area (Å²) in [5.74, 6) is 1.54. The van der Waals surface area contributed by atoms with E-state index in [2.05, 4.69) is 24.9 Å². The Hall–Kier alpha value is -2.86. The number of thioether (sulfide) groups is 1. The lowest BCUT2D eigenvalue weighted by Gasteiger charge is -2.15. The van der Waals surface area contributed by atoms with E-state index in [4.69, 9.17) is 9.99 Å². The fraction of sp³-hybridized carbons (Fsp3) is 0.238. The van der Waals surface area contributed by atoms with E-state index in [0.717, 1.165) is 5.56 Å². The number of nitrogens with zero attached hydrogens (tertiary/aromatic N) is 2. The van der Waals surface area contributed by atoms with Gasteiger partial charge in [-0.25, -0.2) is 23.3 Å². The van der Waals surface area contributed by atoms with Crippen molar-refractivity contribution in [2.24, 2.45) is 0 Å². The van der Waals surface area contributed by atoms with Gasteiger partial charge in [0.25, 0.3) is 10.0 Å². The lowest BCUT2D eigenvalue weighted by atomic mass is 10.2. The van der Waals surface area contributed by atoms with Crippen LogP contribution in [0.2, 0.25) is 0 Å². The van der Waals surface area contributed by atoms with Gasteiger partial charge >= 0.3 is 0 Å². The summed E-state index contributed by atoms with van der Waals surface area (Å²) in [6.07, 6.45) is 0. The van der Waals surface area contributed by atoms with E-state index in [1.165, 1.54) is 37.1 Å². The Labute approximate surface area is 191 Å². The zero-order valence-electron chi connectivity index (χ0n) is 17.6. The molecular formula is C21H24N4O5S2. The Morgan fingerprint density at radius 2 is 1.81 bits per heavy atom. The molecule has 3 N–H and O–H groups in total. The predicted octanol–water partition coefficient (Wildman–Crippen LogP) is 3.87. The molecule has 0 saturated carbocycles. The number of aromatic nitrogens is 2. The second kappa shape index (κ2) is 11.1. The summed E-state index contributed by atoms with van der Waals surface area (Å²) in [4.78, 5) is 13.0. The molecule has 0 aliphatic heterocycles. The second-order valence-corrected chi connectivity index (χ2v) is 9.45. The predicted molar refractivity (Wildman–Crippen MR) is 124 cm³/mol. The number of benzene rings is 2. The van der Waals surface area contributed by atoms with Crippen LogP contribution < -0.4 is 14.8 Å². The Balaban J connectivity index is 1.86. The number of hydrogen-bond donors (Lipinski definition) is 3. The lowest BCUT2D eigenvalue weighted by molar-refractivity contribution is -0.243. The molecule has 11 heteroatoms. The van der Waals surface area contributed by atoms with Crippen LogP contribution in [0.25, 0.3) is 0 Å². The van der Waals surface area contributed by atoms with Crippen LogP contribution in [0.1, 0.15) is 12.5 Å². The zero-order valence-corrected chi connectivity index (χ0v) is 19.2. The number of ether oxygens (including phenoxy) is 1. The van der Waals surface area contributed by atoms with Crippen molar-refractivity contribution in [3.05, 3.63) is 66.2 Å². The minimum Gasteiger partial charge on any atom is -0.497 e. The Morgan fingerprint density at radius 1 is 1.06 bits per heavy atom. The third-order valence-electron chi connectivity index (χ3n) is 4.23. The van der Waals surface area contributed by atoms with Gasteiger partial charge in [-0.2, -0.15) is 0 Å². The summed E-state index contributed by atoms with van der Waals surface area (Å²) in [6.45, 7) is 1.82. The molecule has 0 spiro atoms. The first-order valence-electron chi connectivity index (χ1n) is 9.65. The lowest BCUT2D eigenvalue weighted by Crippen LogP contribution is -2.22. The van der Waals surface area contributed by atoms with Gasteiger partial charge in [0.2, 0.25) is 0 Å². The molecule has 0 unspecified atom stereocenters. The van der Waals surface area contributed by atoms with Crippen LogP contribution in [0, 0.1) is 0 Å². The summed E-state index contributed by atoms with van der Waals surface area (Å²) < 4.78 is 33.4. The number of hydrogen-bond acceptors (Lipinski definition) is 9.